The lowest BCUT2D eigenvalue weighted by molar-refractivity contribution is 0.0988. The first kappa shape index (κ1) is 17.9. The van der Waals surface area contributed by atoms with Gasteiger partial charge >= 0.3 is 0 Å². The van der Waals surface area contributed by atoms with E-state index in [1.54, 1.807) is 24.2 Å². The third-order valence-electron chi connectivity index (χ3n) is 4.85. The minimum absolute atomic E-state index is 0.151. The Morgan fingerprint density at radius 1 is 0.857 bits per heavy atom. The van der Waals surface area contributed by atoms with Crippen LogP contribution in [0, 0.1) is 0 Å². The highest BCUT2D eigenvalue weighted by Gasteiger charge is 2.22. The first-order valence-electron chi connectivity index (χ1n) is 9.29. The van der Waals surface area contributed by atoms with E-state index in [2.05, 4.69) is 24.8 Å². The standard InChI is InChI=1S/C21H22N6O/c1-25(17-7-3-2-4-8-17)20(28)18-10-12-23-21(24-18)27-15-13-26(14-16-27)19-9-5-6-11-22-19/h2-12H,13-16H2,1H3. The average molecular weight is 374 g/mol. The van der Waals surface area contributed by atoms with Crippen LogP contribution < -0.4 is 14.7 Å². The molecule has 0 saturated carbocycles. The van der Waals surface area contributed by atoms with Gasteiger partial charge in [0.15, 0.2) is 0 Å². The van der Waals surface area contributed by atoms with Crippen molar-refractivity contribution in [2.75, 3.05) is 47.9 Å². The highest BCUT2D eigenvalue weighted by atomic mass is 16.2. The fraction of sp³-hybridized carbons (Fsp3) is 0.238. The predicted molar refractivity (Wildman–Crippen MR) is 110 cm³/mol. The molecule has 1 aliphatic rings. The number of carbonyl (C=O) groups is 1. The molecule has 0 radical (unpaired) electrons. The zero-order valence-electron chi connectivity index (χ0n) is 15.8. The third kappa shape index (κ3) is 3.78. The summed E-state index contributed by atoms with van der Waals surface area (Å²) in [5, 5.41) is 0. The number of nitrogens with zero attached hydrogens (tertiary/aromatic N) is 6. The minimum Gasteiger partial charge on any atom is -0.353 e. The van der Waals surface area contributed by atoms with Gasteiger partial charge in [0.25, 0.3) is 5.91 Å². The largest absolute Gasteiger partial charge is 0.353 e. The second-order valence-corrected chi connectivity index (χ2v) is 6.60. The molecule has 0 aliphatic carbocycles. The van der Waals surface area contributed by atoms with Gasteiger partial charge in [0.05, 0.1) is 0 Å². The summed E-state index contributed by atoms with van der Waals surface area (Å²) >= 11 is 0. The van der Waals surface area contributed by atoms with Crippen molar-refractivity contribution in [2.24, 2.45) is 0 Å². The smallest absolute Gasteiger partial charge is 0.276 e. The Balaban J connectivity index is 1.45. The van der Waals surface area contributed by atoms with Crippen molar-refractivity contribution in [1.29, 1.82) is 0 Å². The first-order chi connectivity index (χ1) is 13.7. The van der Waals surface area contributed by atoms with Crippen LogP contribution in [0.3, 0.4) is 0 Å². The lowest BCUT2D eigenvalue weighted by atomic mass is 10.2. The minimum atomic E-state index is -0.151. The molecule has 0 bridgehead atoms. The van der Waals surface area contributed by atoms with Gasteiger partial charge in [0, 0.05) is 51.3 Å². The van der Waals surface area contributed by atoms with E-state index >= 15 is 0 Å². The number of anilines is 3. The number of amides is 1. The Kier molecular flexibility index (Phi) is 5.14. The van der Waals surface area contributed by atoms with Gasteiger partial charge in [0.1, 0.15) is 11.5 Å². The highest BCUT2D eigenvalue weighted by Crippen LogP contribution is 2.18. The molecule has 7 nitrogen and oxygen atoms in total. The van der Waals surface area contributed by atoms with Gasteiger partial charge in [-0.05, 0) is 30.3 Å². The van der Waals surface area contributed by atoms with Crippen molar-refractivity contribution in [2.45, 2.75) is 0 Å². The average Bonchev–Trinajstić information content (AvgIpc) is 2.79. The summed E-state index contributed by atoms with van der Waals surface area (Å²) in [7, 11) is 1.76. The summed E-state index contributed by atoms with van der Waals surface area (Å²) in [6.07, 6.45) is 3.46. The maximum absolute atomic E-state index is 12.8. The van der Waals surface area contributed by atoms with Crippen LogP contribution >= 0.6 is 0 Å². The number of carbonyl (C=O) groups excluding carboxylic acids is 1. The van der Waals surface area contributed by atoms with Crippen molar-refractivity contribution in [1.82, 2.24) is 15.0 Å². The molecule has 0 spiro atoms. The summed E-state index contributed by atoms with van der Waals surface area (Å²) in [5.41, 5.74) is 1.22. The molecule has 142 valence electrons. The number of hydrogen-bond acceptors (Lipinski definition) is 6. The summed E-state index contributed by atoms with van der Waals surface area (Å²) in [6, 6.07) is 17.1. The molecule has 0 N–H and O–H groups in total. The lowest BCUT2D eigenvalue weighted by Crippen LogP contribution is -2.47. The fourth-order valence-corrected chi connectivity index (χ4v) is 3.24. The van der Waals surface area contributed by atoms with E-state index in [0.717, 1.165) is 37.7 Å². The van der Waals surface area contributed by atoms with Crippen LogP contribution in [0.1, 0.15) is 10.5 Å². The molecule has 2 aromatic heterocycles. The summed E-state index contributed by atoms with van der Waals surface area (Å²) < 4.78 is 0. The molecule has 0 unspecified atom stereocenters. The Labute approximate surface area is 164 Å². The maximum Gasteiger partial charge on any atom is 0.276 e. The van der Waals surface area contributed by atoms with Crippen LogP contribution in [-0.2, 0) is 0 Å². The molecule has 0 atom stereocenters. The zero-order chi connectivity index (χ0) is 19.3. The van der Waals surface area contributed by atoms with Crippen molar-refractivity contribution in [3.8, 4) is 0 Å². The molecule has 28 heavy (non-hydrogen) atoms. The number of benzene rings is 1. The Bertz CT molecular complexity index is 926. The summed E-state index contributed by atoms with van der Waals surface area (Å²) in [6.45, 7) is 3.23. The van der Waals surface area contributed by atoms with Gasteiger partial charge in [-0.3, -0.25) is 4.79 Å². The topological polar surface area (TPSA) is 65.5 Å². The SMILES string of the molecule is CN(C(=O)c1ccnc(N2CCN(c3ccccn3)CC2)n1)c1ccccc1. The van der Waals surface area contributed by atoms with Crippen LogP contribution in [-0.4, -0.2) is 54.1 Å². The molecular formula is C21H22N6O. The second kappa shape index (κ2) is 8.04. The van der Waals surface area contributed by atoms with Crippen LogP contribution in [0.25, 0.3) is 0 Å². The van der Waals surface area contributed by atoms with E-state index in [-0.39, 0.29) is 5.91 Å². The normalized spacial score (nSPS) is 14.0. The second-order valence-electron chi connectivity index (χ2n) is 6.60. The van der Waals surface area contributed by atoms with Gasteiger partial charge in [-0.2, -0.15) is 0 Å². The Morgan fingerprint density at radius 3 is 2.29 bits per heavy atom. The Morgan fingerprint density at radius 2 is 1.57 bits per heavy atom. The number of rotatable bonds is 4. The van der Waals surface area contributed by atoms with Crippen molar-refractivity contribution in [3.05, 3.63) is 72.7 Å². The number of hydrogen-bond donors (Lipinski definition) is 0. The molecular weight excluding hydrogens is 352 g/mol. The van der Waals surface area contributed by atoms with E-state index in [0.29, 0.717) is 11.6 Å². The van der Waals surface area contributed by atoms with Crippen molar-refractivity contribution < 1.29 is 4.79 Å². The monoisotopic (exact) mass is 374 g/mol. The number of pyridine rings is 1. The first-order valence-corrected chi connectivity index (χ1v) is 9.29. The molecule has 1 aliphatic heterocycles. The fourth-order valence-electron chi connectivity index (χ4n) is 3.24. The van der Waals surface area contributed by atoms with Crippen LogP contribution in [0.15, 0.2) is 67.0 Å². The molecule has 3 heterocycles. The molecule has 4 rings (SSSR count). The predicted octanol–water partition coefficient (Wildman–Crippen LogP) is 2.47. The number of aromatic nitrogens is 3. The summed E-state index contributed by atoms with van der Waals surface area (Å²) in [5.74, 6) is 1.42. The Hall–Kier alpha value is -3.48. The van der Waals surface area contributed by atoms with Gasteiger partial charge in [-0.25, -0.2) is 15.0 Å². The van der Waals surface area contributed by atoms with Gasteiger partial charge in [0.2, 0.25) is 5.95 Å². The van der Waals surface area contributed by atoms with Gasteiger partial charge in [-0.1, -0.05) is 24.3 Å². The lowest BCUT2D eigenvalue weighted by Gasteiger charge is -2.35. The maximum atomic E-state index is 12.8. The van der Waals surface area contributed by atoms with Gasteiger partial charge in [-0.15, -0.1) is 0 Å². The van der Waals surface area contributed by atoms with Crippen LogP contribution in [0.2, 0.25) is 0 Å². The van der Waals surface area contributed by atoms with E-state index < -0.39 is 0 Å². The molecule has 1 aromatic carbocycles. The highest BCUT2D eigenvalue weighted by molar-refractivity contribution is 6.04. The third-order valence-corrected chi connectivity index (χ3v) is 4.85. The van der Waals surface area contributed by atoms with Crippen LogP contribution in [0.4, 0.5) is 17.5 Å². The molecule has 1 saturated heterocycles. The zero-order valence-corrected chi connectivity index (χ0v) is 15.8. The van der Waals surface area contributed by atoms with Gasteiger partial charge < -0.3 is 14.7 Å². The van der Waals surface area contributed by atoms with E-state index in [1.807, 2.05) is 54.7 Å². The molecule has 7 heteroatoms. The quantitative estimate of drug-likeness (QED) is 0.699. The number of para-hydroxylation sites is 1. The van der Waals surface area contributed by atoms with E-state index in [1.165, 1.54) is 0 Å². The molecule has 3 aromatic rings. The van der Waals surface area contributed by atoms with Crippen LogP contribution in [0.5, 0.6) is 0 Å². The summed E-state index contributed by atoms with van der Waals surface area (Å²) in [4.78, 5) is 32.1. The van der Waals surface area contributed by atoms with Crippen molar-refractivity contribution >= 4 is 23.4 Å². The van der Waals surface area contributed by atoms with E-state index in [9.17, 15) is 4.79 Å². The van der Waals surface area contributed by atoms with Crippen molar-refractivity contribution in [3.63, 3.8) is 0 Å². The number of piperazine rings is 1. The van der Waals surface area contributed by atoms with E-state index in [4.69, 9.17) is 0 Å². The molecule has 1 amide bonds. The molecule has 1 fully saturated rings.